The molecule has 0 atom stereocenters. The van der Waals surface area contributed by atoms with Gasteiger partial charge in [0.1, 0.15) is 5.76 Å². The van der Waals surface area contributed by atoms with Crippen LogP contribution < -0.4 is 0 Å². The van der Waals surface area contributed by atoms with Crippen LogP contribution in [-0.4, -0.2) is 45.1 Å². The van der Waals surface area contributed by atoms with Crippen molar-refractivity contribution < 1.29 is 9.32 Å². The highest BCUT2D eigenvalue weighted by Crippen LogP contribution is 2.23. The molecule has 0 unspecified atom stereocenters. The van der Waals surface area contributed by atoms with E-state index in [0.29, 0.717) is 0 Å². The zero-order valence-electron chi connectivity index (χ0n) is 12.5. The smallest absolute Gasteiger partial charge is 0.255 e. The second-order valence-electron chi connectivity index (χ2n) is 5.32. The molecule has 1 amide bonds. The third-order valence-electron chi connectivity index (χ3n) is 3.80. The summed E-state index contributed by atoms with van der Waals surface area (Å²) in [5, 5.41) is 4.05. The summed E-state index contributed by atoms with van der Waals surface area (Å²) < 4.78 is 7.12. The minimum absolute atomic E-state index is 0.120. The molecule has 6 heteroatoms. The van der Waals surface area contributed by atoms with E-state index in [1.54, 1.807) is 0 Å². The molecule has 1 aliphatic heterocycles. The predicted octanol–water partition coefficient (Wildman–Crippen LogP) is 2.58. The van der Waals surface area contributed by atoms with E-state index in [0.717, 1.165) is 53.1 Å². The summed E-state index contributed by atoms with van der Waals surface area (Å²) >= 11 is 1.90. The molecule has 0 bridgehead atoms. The highest BCUT2D eigenvalue weighted by molar-refractivity contribution is 7.99. The van der Waals surface area contributed by atoms with Crippen LogP contribution >= 0.6 is 11.8 Å². The molecule has 21 heavy (non-hydrogen) atoms. The van der Waals surface area contributed by atoms with E-state index < -0.39 is 0 Å². The molecule has 1 fully saturated rings. The number of carbonyl (C=O) groups is 1. The molecule has 0 spiro atoms. The Hall–Kier alpha value is -1.69. The maximum absolute atomic E-state index is 12.7. The van der Waals surface area contributed by atoms with E-state index in [2.05, 4.69) is 5.16 Å². The van der Waals surface area contributed by atoms with Crippen LogP contribution in [0.4, 0.5) is 0 Å². The summed E-state index contributed by atoms with van der Waals surface area (Å²) in [7, 11) is 0. The number of nitrogens with zero attached hydrogens (tertiary/aromatic N) is 3. The van der Waals surface area contributed by atoms with Gasteiger partial charge in [0, 0.05) is 42.0 Å². The second kappa shape index (κ2) is 5.60. The lowest BCUT2D eigenvalue weighted by Crippen LogP contribution is -2.38. The predicted molar refractivity (Wildman–Crippen MR) is 83.3 cm³/mol. The Labute approximate surface area is 128 Å². The van der Waals surface area contributed by atoms with E-state index in [-0.39, 0.29) is 5.91 Å². The minimum Gasteiger partial charge on any atom is -0.360 e. The lowest BCUT2D eigenvalue weighted by Gasteiger charge is -2.26. The Bertz CT molecular complexity index is 669. The van der Waals surface area contributed by atoms with Gasteiger partial charge in [0.2, 0.25) is 0 Å². The number of thioether (sulfide) groups is 1. The van der Waals surface area contributed by atoms with Crippen molar-refractivity contribution in [3.05, 3.63) is 34.8 Å². The molecule has 2 aromatic rings. The topological polar surface area (TPSA) is 51.3 Å². The molecule has 0 saturated carbocycles. The zero-order chi connectivity index (χ0) is 15.0. The molecule has 112 valence electrons. The number of hydrogen-bond donors (Lipinski definition) is 0. The molecule has 0 N–H and O–H groups in total. The fourth-order valence-electron chi connectivity index (χ4n) is 2.73. The van der Waals surface area contributed by atoms with Crippen LogP contribution in [0.5, 0.6) is 0 Å². The van der Waals surface area contributed by atoms with Gasteiger partial charge >= 0.3 is 0 Å². The monoisotopic (exact) mass is 305 g/mol. The molecule has 3 heterocycles. The van der Waals surface area contributed by atoms with Gasteiger partial charge in [0.05, 0.1) is 5.56 Å². The van der Waals surface area contributed by atoms with E-state index in [1.165, 1.54) is 0 Å². The van der Waals surface area contributed by atoms with Crippen molar-refractivity contribution in [1.82, 2.24) is 14.6 Å². The number of aromatic nitrogens is 2. The average Bonchev–Trinajstić information content (AvgIpc) is 3.02. The first-order chi connectivity index (χ1) is 10.1. The van der Waals surface area contributed by atoms with Crippen molar-refractivity contribution in [1.29, 1.82) is 0 Å². The van der Waals surface area contributed by atoms with Crippen LogP contribution in [0.25, 0.3) is 5.82 Å². The first kappa shape index (κ1) is 14.3. The van der Waals surface area contributed by atoms with Crippen LogP contribution in [0.3, 0.4) is 0 Å². The molecule has 5 nitrogen and oxygen atoms in total. The maximum Gasteiger partial charge on any atom is 0.255 e. The van der Waals surface area contributed by atoms with Gasteiger partial charge in [-0.3, -0.25) is 9.36 Å². The van der Waals surface area contributed by atoms with E-state index in [1.807, 2.05) is 54.1 Å². The molecule has 0 aliphatic carbocycles. The van der Waals surface area contributed by atoms with Crippen molar-refractivity contribution in [3.8, 4) is 5.82 Å². The quantitative estimate of drug-likeness (QED) is 0.856. The second-order valence-corrected chi connectivity index (χ2v) is 6.55. The van der Waals surface area contributed by atoms with Gasteiger partial charge in [0.15, 0.2) is 5.82 Å². The fraction of sp³-hybridized carbons (Fsp3) is 0.467. The lowest BCUT2D eigenvalue weighted by molar-refractivity contribution is 0.0771. The van der Waals surface area contributed by atoms with Crippen molar-refractivity contribution in [2.75, 3.05) is 24.6 Å². The van der Waals surface area contributed by atoms with Crippen molar-refractivity contribution in [3.63, 3.8) is 0 Å². The molecular formula is C15H19N3O2S. The van der Waals surface area contributed by atoms with E-state index in [9.17, 15) is 4.79 Å². The standard InChI is InChI=1S/C15H19N3O2S/c1-10-8-13(15(19)17-4-6-21-7-5-17)12(3)18(10)14-9-11(2)20-16-14/h8-9H,4-7H2,1-3H3. The summed E-state index contributed by atoms with van der Waals surface area (Å²) in [6.07, 6.45) is 0. The molecule has 0 aromatic carbocycles. The van der Waals surface area contributed by atoms with Crippen molar-refractivity contribution in [2.45, 2.75) is 20.8 Å². The highest BCUT2D eigenvalue weighted by Gasteiger charge is 2.23. The van der Waals surface area contributed by atoms with E-state index >= 15 is 0 Å². The largest absolute Gasteiger partial charge is 0.360 e. The summed E-state index contributed by atoms with van der Waals surface area (Å²) in [6, 6.07) is 3.83. The van der Waals surface area contributed by atoms with Gasteiger partial charge < -0.3 is 9.42 Å². The summed E-state index contributed by atoms with van der Waals surface area (Å²) in [4.78, 5) is 14.6. The Kier molecular flexibility index (Phi) is 3.80. The third kappa shape index (κ3) is 2.60. The molecule has 1 saturated heterocycles. The van der Waals surface area contributed by atoms with Gasteiger partial charge in [-0.2, -0.15) is 11.8 Å². The zero-order valence-corrected chi connectivity index (χ0v) is 13.4. The summed E-state index contributed by atoms with van der Waals surface area (Å²) in [6.45, 7) is 7.47. The van der Waals surface area contributed by atoms with Gasteiger partial charge in [-0.15, -0.1) is 0 Å². The van der Waals surface area contributed by atoms with Gasteiger partial charge in [-0.25, -0.2) is 0 Å². The number of aryl methyl sites for hydroxylation is 2. The van der Waals surface area contributed by atoms with Crippen LogP contribution in [0.15, 0.2) is 16.7 Å². The first-order valence-electron chi connectivity index (χ1n) is 7.07. The molecule has 2 aromatic heterocycles. The van der Waals surface area contributed by atoms with Crippen molar-refractivity contribution in [2.24, 2.45) is 0 Å². The number of rotatable bonds is 2. The number of hydrogen-bond acceptors (Lipinski definition) is 4. The van der Waals surface area contributed by atoms with Crippen LogP contribution in [-0.2, 0) is 0 Å². The summed E-state index contributed by atoms with van der Waals surface area (Å²) in [5.41, 5.74) is 2.68. The Balaban J connectivity index is 1.95. The Morgan fingerprint density at radius 1 is 1.24 bits per heavy atom. The molecule has 3 rings (SSSR count). The van der Waals surface area contributed by atoms with Gasteiger partial charge in [-0.05, 0) is 26.8 Å². The van der Waals surface area contributed by atoms with E-state index in [4.69, 9.17) is 4.52 Å². The van der Waals surface area contributed by atoms with Crippen LogP contribution in [0.1, 0.15) is 27.5 Å². The lowest BCUT2D eigenvalue weighted by atomic mass is 10.2. The summed E-state index contributed by atoms with van der Waals surface area (Å²) in [5.74, 6) is 3.66. The van der Waals surface area contributed by atoms with Crippen LogP contribution in [0, 0.1) is 20.8 Å². The number of amides is 1. The SMILES string of the molecule is Cc1cc(-n2c(C)cc(C(=O)N3CCSCC3)c2C)no1. The van der Waals surface area contributed by atoms with Gasteiger partial charge in [0.25, 0.3) is 5.91 Å². The molecular weight excluding hydrogens is 286 g/mol. The molecule has 1 aliphatic rings. The minimum atomic E-state index is 0.120. The van der Waals surface area contributed by atoms with Crippen LogP contribution in [0.2, 0.25) is 0 Å². The fourth-order valence-corrected chi connectivity index (χ4v) is 3.63. The Morgan fingerprint density at radius 2 is 1.95 bits per heavy atom. The first-order valence-corrected chi connectivity index (χ1v) is 8.23. The maximum atomic E-state index is 12.7. The van der Waals surface area contributed by atoms with Gasteiger partial charge in [-0.1, -0.05) is 5.16 Å². The Morgan fingerprint density at radius 3 is 2.57 bits per heavy atom. The average molecular weight is 305 g/mol. The molecule has 0 radical (unpaired) electrons. The highest BCUT2D eigenvalue weighted by atomic mass is 32.2. The third-order valence-corrected chi connectivity index (χ3v) is 4.75. The normalized spacial score (nSPS) is 15.5. The van der Waals surface area contributed by atoms with Crippen molar-refractivity contribution >= 4 is 17.7 Å². The number of carbonyl (C=O) groups excluding carboxylic acids is 1.